The molecule has 1 amide bonds. The number of hydrogen-bond acceptors (Lipinski definition) is 2. The lowest BCUT2D eigenvalue weighted by molar-refractivity contribution is 0.0954. The molecule has 2 rings (SSSR count). The van der Waals surface area contributed by atoms with Crippen LogP contribution in [0, 0.1) is 11.6 Å². The summed E-state index contributed by atoms with van der Waals surface area (Å²) in [6.07, 6.45) is 3.27. The number of hydrogen-bond donors (Lipinski definition) is 1. The zero-order valence-electron chi connectivity index (χ0n) is 10.1. The summed E-state index contributed by atoms with van der Waals surface area (Å²) in [5, 5.41) is 2.64. The third-order valence-electron chi connectivity index (χ3n) is 2.63. The molecule has 0 saturated carbocycles. The lowest BCUT2D eigenvalue weighted by Crippen LogP contribution is -2.25. The molecule has 0 fully saturated rings. The first kappa shape index (κ1) is 13.1. The Morgan fingerprint density at radius 1 is 1.16 bits per heavy atom. The van der Waals surface area contributed by atoms with Gasteiger partial charge in [0.25, 0.3) is 5.91 Å². The van der Waals surface area contributed by atoms with E-state index in [-0.39, 0.29) is 24.4 Å². The number of nitrogens with one attached hydrogen (secondary N) is 1. The quantitative estimate of drug-likeness (QED) is 0.918. The SMILES string of the molecule is O=C(NCCc1cc(F)ccc1F)c1ccncc1. The molecule has 98 valence electrons. The van der Waals surface area contributed by atoms with Gasteiger partial charge in [-0.15, -0.1) is 0 Å². The number of carbonyl (C=O) groups is 1. The van der Waals surface area contributed by atoms with Crippen molar-refractivity contribution < 1.29 is 13.6 Å². The predicted molar refractivity (Wildman–Crippen MR) is 66.6 cm³/mol. The highest BCUT2D eigenvalue weighted by atomic mass is 19.1. The molecule has 5 heteroatoms. The van der Waals surface area contributed by atoms with E-state index < -0.39 is 11.6 Å². The summed E-state index contributed by atoms with van der Waals surface area (Å²) >= 11 is 0. The van der Waals surface area contributed by atoms with E-state index in [0.717, 1.165) is 18.2 Å². The average Bonchev–Trinajstić information content (AvgIpc) is 2.43. The molecule has 0 radical (unpaired) electrons. The Bertz CT molecular complexity index is 573. The summed E-state index contributed by atoms with van der Waals surface area (Å²) in [5.74, 6) is -1.23. The molecule has 1 N–H and O–H groups in total. The van der Waals surface area contributed by atoms with E-state index in [4.69, 9.17) is 0 Å². The summed E-state index contributed by atoms with van der Waals surface area (Å²) in [7, 11) is 0. The van der Waals surface area contributed by atoms with Crippen LogP contribution >= 0.6 is 0 Å². The van der Waals surface area contributed by atoms with Gasteiger partial charge in [-0.2, -0.15) is 0 Å². The molecule has 0 unspecified atom stereocenters. The Labute approximate surface area is 109 Å². The molecule has 0 bridgehead atoms. The van der Waals surface area contributed by atoms with Crippen molar-refractivity contribution in [2.24, 2.45) is 0 Å². The number of carbonyl (C=O) groups excluding carboxylic acids is 1. The minimum Gasteiger partial charge on any atom is -0.352 e. The normalized spacial score (nSPS) is 10.2. The molecular weight excluding hydrogens is 250 g/mol. The standard InChI is InChI=1S/C14H12F2N2O/c15-12-1-2-13(16)11(9-12)5-8-18-14(19)10-3-6-17-7-4-10/h1-4,6-7,9H,5,8H2,(H,18,19). The highest BCUT2D eigenvalue weighted by molar-refractivity contribution is 5.93. The molecule has 1 aromatic carbocycles. The van der Waals surface area contributed by atoms with Crippen LogP contribution < -0.4 is 5.32 Å². The van der Waals surface area contributed by atoms with Crippen LogP contribution in [0.3, 0.4) is 0 Å². The Kier molecular flexibility index (Phi) is 4.18. The molecule has 0 saturated heterocycles. The van der Waals surface area contributed by atoms with Gasteiger partial charge in [-0.05, 0) is 42.3 Å². The summed E-state index contributed by atoms with van der Waals surface area (Å²) in [4.78, 5) is 15.5. The van der Waals surface area contributed by atoms with E-state index in [2.05, 4.69) is 10.3 Å². The number of rotatable bonds is 4. The van der Waals surface area contributed by atoms with Gasteiger partial charge in [0.1, 0.15) is 11.6 Å². The van der Waals surface area contributed by atoms with Crippen molar-refractivity contribution in [2.45, 2.75) is 6.42 Å². The number of amides is 1. The maximum atomic E-state index is 13.3. The fourth-order valence-electron chi connectivity index (χ4n) is 1.65. The summed E-state index contributed by atoms with van der Waals surface area (Å²) in [5.41, 5.74) is 0.727. The fourth-order valence-corrected chi connectivity index (χ4v) is 1.65. The minimum atomic E-state index is -0.489. The van der Waals surface area contributed by atoms with E-state index >= 15 is 0 Å². The van der Waals surface area contributed by atoms with Gasteiger partial charge in [0.05, 0.1) is 0 Å². The van der Waals surface area contributed by atoms with Crippen LogP contribution in [-0.4, -0.2) is 17.4 Å². The van der Waals surface area contributed by atoms with Crippen LogP contribution in [0.4, 0.5) is 8.78 Å². The van der Waals surface area contributed by atoms with Crippen molar-refractivity contribution in [1.82, 2.24) is 10.3 Å². The number of benzene rings is 1. The Morgan fingerprint density at radius 3 is 2.63 bits per heavy atom. The smallest absolute Gasteiger partial charge is 0.251 e. The first-order chi connectivity index (χ1) is 9.16. The molecule has 0 aliphatic carbocycles. The van der Waals surface area contributed by atoms with Gasteiger partial charge in [-0.25, -0.2) is 8.78 Å². The second kappa shape index (κ2) is 6.04. The summed E-state index contributed by atoms with van der Waals surface area (Å²) < 4.78 is 26.3. The van der Waals surface area contributed by atoms with Crippen LogP contribution in [0.15, 0.2) is 42.7 Å². The van der Waals surface area contributed by atoms with E-state index in [1.807, 2.05) is 0 Å². The van der Waals surface area contributed by atoms with E-state index in [9.17, 15) is 13.6 Å². The van der Waals surface area contributed by atoms with Crippen molar-refractivity contribution in [3.05, 3.63) is 65.5 Å². The highest BCUT2D eigenvalue weighted by Gasteiger charge is 2.06. The molecule has 0 spiro atoms. The van der Waals surface area contributed by atoms with Crippen molar-refractivity contribution in [2.75, 3.05) is 6.54 Å². The first-order valence-electron chi connectivity index (χ1n) is 5.79. The largest absolute Gasteiger partial charge is 0.352 e. The maximum Gasteiger partial charge on any atom is 0.251 e. The van der Waals surface area contributed by atoms with Crippen molar-refractivity contribution >= 4 is 5.91 Å². The number of halogens is 2. The number of pyridine rings is 1. The first-order valence-corrected chi connectivity index (χ1v) is 5.79. The topological polar surface area (TPSA) is 42.0 Å². The molecule has 1 aromatic heterocycles. The number of nitrogens with zero attached hydrogens (tertiary/aromatic N) is 1. The van der Waals surface area contributed by atoms with E-state index in [0.29, 0.717) is 5.56 Å². The molecule has 3 nitrogen and oxygen atoms in total. The average molecular weight is 262 g/mol. The summed E-state index contributed by atoms with van der Waals surface area (Å²) in [6, 6.07) is 6.44. The number of aromatic nitrogens is 1. The fraction of sp³-hybridized carbons (Fsp3) is 0.143. The molecule has 0 aliphatic heterocycles. The lowest BCUT2D eigenvalue weighted by Gasteiger charge is -2.06. The van der Waals surface area contributed by atoms with E-state index in [1.54, 1.807) is 12.1 Å². The van der Waals surface area contributed by atoms with Crippen LogP contribution in [-0.2, 0) is 6.42 Å². The Hall–Kier alpha value is -2.30. The van der Waals surface area contributed by atoms with Crippen LogP contribution in [0.1, 0.15) is 15.9 Å². The van der Waals surface area contributed by atoms with Gasteiger partial charge in [0.2, 0.25) is 0 Å². The van der Waals surface area contributed by atoms with Gasteiger partial charge in [0.15, 0.2) is 0 Å². The zero-order chi connectivity index (χ0) is 13.7. The van der Waals surface area contributed by atoms with Crippen molar-refractivity contribution in [1.29, 1.82) is 0 Å². The molecule has 19 heavy (non-hydrogen) atoms. The molecule has 1 heterocycles. The van der Waals surface area contributed by atoms with Crippen molar-refractivity contribution in [3.8, 4) is 0 Å². The molecular formula is C14H12F2N2O. The van der Waals surface area contributed by atoms with Crippen LogP contribution in [0.25, 0.3) is 0 Å². The third-order valence-corrected chi connectivity index (χ3v) is 2.63. The molecule has 0 atom stereocenters. The van der Waals surface area contributed by atoms with Crippen molar-refractivity contribution in [3.63, 3.8) is 0 Å². The minimum absolute atomic E-state index is 0.237. The van der Waals surface area contributed by atoms with Gasteiger partial charge < -0.3 is 5.32 Å². The second-order valence-electron chi connectivity index (χ2n) is 3.98. The predicted octanol–water partition coefficient (Wildman–Crippen LogP) is 2.33. The highest BCUT2D eigenvalue weighted by Crippen LogP contribution is 2.09. The lowest BCUT2D eigenvalue weighted by atomic mass is 10.1. The van der Waals surface area contributed by atoms with Crippen LogP contribution in [0.2, 0.25) is 0 Å². The van der Waals surface area contributed by atoms with E-state index in [1.165, 1.54) is 12.4 Å². The van der Waals surface area contributed by atoms with Gasteiger partial charge >= 0.3 is 0 Å². The van der Waals surface area contributed by atoms with Gasteiger partial charge in [-0.1, -0.05) is 0 Å². The Morgan fingerprint density at radius 2 is 1.89 bits per heavy atom. The van der Waals surface area contributed by atoms with Crippen LogP contribution in [0.5, 0.6) is 0 Å². The third kappa shape index (κ3) is 3.58. The molecule has 0 aliphatic rings. The molecule has 2 aromatic rings. The maximum absolute atomic E-state index is 13.3. The monoisotopic (exact) mass is 262 g/mol. The Balaban J connectivity index is 1.90. The second-order valence-corrected chi connectivity index (χ2v) is 3.98. The summed E-state index contributed by atoms with van der Waals surface area (Å²) in [6.45, 7) is 0.238. The van der Waals surface area contributed by atoms with Gasteiger partial charge in [0, 0.05) is 24.5 Å². The zero-order valence-corrected chi connectivity index (χ0v) is 10.1. The van der Waals surface area contributed by atoms with Gasteiger partial charge in [-0.3, -0.25) is 9.78 Å².